The molecule has 4 aromatic rings. The van der Waals surface area contributed by atoms with Crippen molar-refractivity contribution in [2.24, 2.45) is 0 Å². The first-order valence-corrected chi connectivity index (χ1v) is 14.4. The SMILES string of the molecule is CSCC[C@H](NC(=O)c1ccc(COCc2ccc(-c3ccc(F)c(Cl)c3)o2)cc1-c1ccccc1C)C(=O)O.[LiH]. The van der Waals surface area contributed by atoms with Gasteiger partial charge in [-0.3, -0.25) is 4.79 Å². The van der Waals surface area contributed by atoms with E-state index in [2.05, 4.69) is 5.32 Å². The maximum absolute atomic E-state index is 13.5. The Morgan fingerprint density at radius 3 is 2.54 bits per heavy atom. The number of thioether (sulfide) groups is 1. The Morgan fingerprint density at radius 1 is 1.05 bits per heavy atom. The van der Waals surface area contributed by atoms with Gasteiger partial charge in [-0.15, -0.1) is 0 Å². The summed E-state index contributed by atoms with van der Waals surface area (Å²) in [6.07, 6.45) is 2.22. The van der Waals surface area contributed by atoms with Gasteiger partial charge in [0.2, 0.25) is 0 Å². The van der Waals surface area contributed by atoms with E-state index in [0.717, 1.165) is 16.7 Å². The van der Waals surface area contributed by atoms with Gasteiger partial charge in [0.25, 0.3) is 5.91 Å². The number of rotatable bonds is 12. The fourth-order valence-corrected chi connectivity index (χ4v) is 4.89. The summed E-state index contributed by atoms with van der Waals surface area (Å²) in [5.41, 5.74) is 4.44. The van der Waals surface area contributed by atoms with Crippen molar-refractivity contribution in [3.05, 3.63) is 106 Å². The number of carboxylic acid groups (broad SMARTS) is 1. The summed E-state index contributed by atoms with van der Waals surface area (Å²) in [4.78, 5) is 25.0. The van der Waals surface area contributed by atoms with Crippen molar-refractivity contribution in [2.45, 2.75) is 32.6 Å². The third-order valence-corrected chi connectivity index (χ3v) is 7.29. The zero-order valence-corrected chi connectivity index (χ0v) is 23.7. The Bertz CT molecular complexity index is 1510. The first-order valence-electron chi connectivity index (χ1n) is 12.6. The van der Waals surface area contributed by atoms with Crippen LogP contribution in [0.3, 0.4) is 0 Å². The van der Waals surface area contributed by atoms with Crippen LogP contribution in [0.2, 0.25) is 5.02 Å². The van der Waals surface area contributed by atoms with E-state index in [1.54, 1.807) is 30.3 Å². The fourth-order valence-electron chi connectivity index (χ4n) is 4.24. The Balaban J connectivity index is 0.00000462. The van der Waals surface area contributed by atoms with Crippen LogP contribution in [-0.4, -0.2) is 53.9 Å². The number of nitrogens with one attached hydrogen (secondary N) is 1. The molecule has 0 aliphatic heterocycles. The predicted molar refractivity (Wildman–Crippen MR) is 163 cm³/mol. The van der Waals surface area contributed by atoms with Crippen LogP contribution in [0.5, 0.6) is 0 Å². The molecular formula is C31H30ClFLiNO5S. The predicted octanol–water partition coefficient (Wildman–Crippen LogP) is 6.72. The van der Waals surface area contributed by atoms with E-state index in [1.165, 1.54) is 23.9 Å². The molecule has 1 amide bonds. The summed E-state index contributed by atoms with van der Waals surface area (Å²) >= 11 is 7.41. The van der Waals surface area contributed by atoms with Crippen molar-refractivity contribution in [3.63, 3.8) is 0 Å². The van der Waals surface area contributed by atoms with Crippen LogP contribution in [0.15, 0.2) is 77.2 Å². The zero-order chi connectivity index (χ0) is 28.6. The summed E-state index contributed by atoms with van der Waals surface area (Å²) in [5, 5.41) is 12.3. The third-order valence-electron chi connectivity index (χ3n) is 6.36. The number of furan rings is 1. The second-order valence-corrected chi connectivity index (χ2v) is 10.6. The van der Waals surface area contributed by atoms with Crippen LogP contribution in [0.25, 0.3) is 22.5 Å². The van der Waals surface area contributed by atoms with E-state index >= 15 is 0 Å². The topological polar surface area (TPSA) is 88.8 Å². The molecule has 0 bridgehead atoms. The number of carbonyl (C=O) groups excluding carboxylic acids is 1. The summed E-state index contributed by atoms with van der Waals surface area (Å²) in [7, 11) is 0. The minimum atomic E-state index is -1.06. The number of halogens is 2. The van der Waals surface area contributed by atoms with Gasteiger partial charge in [-0.2, -0.15) is 11.8 Å². The summed E-state index contributed by atoms with van der Waals surface area (Å²) < 4.78 is 25.2. The van der Waals surface area contributed by atoms with E-state index in [4.69, 9.17) is 20.8 Å². The average Bonchev–Trinajstić information content (AvgIpc) is 3.41. The fraction of sp³-hybridized carbons (Fsp3) is 0.226. The van der Waals surface area contributed by atoms with E-state index in [0.29, 0.717) is 40.4 Å². The third kappa shape index (κ3) is 8.51. The van der Waals surface area contributed by atoms with E-state index in [1.807, 2.05) is 43.5 Å². The molecule has 0 unspecified atom stereocenters. The van der Waals surface area contributed by atoms with Crippen molar-refractivity contribution in [1.82, 2.24) is 5.32 Å². The molecule has 0 radical (unpaired) electrons. The standard InChI is InChI=1S/C31H29ClFNO5S.Li.H/c1-19-5-3-4-6-23(19)25-15-20(7-10-24(25)30(35)34-28(31(36)37)13-14-40-2)17-38-18-22-9-12-29(39-22)21-8-11-27(33)26(32)16-21;;/h3-12,15-16,28H,13-14,17-18H2,1-2H3,(H,34,35)(H,36,37);;/t28-;;/m0../s1. The van der Waals surface area contributed by atoms with Crippen LogP contribution in [-0.2, 0) is 22.7 Å². The second-order valence-electron chi connectivity index (χ2n) is 9.23. The number of hydrogen-bond donors (Lipinski definition) is 2. The Hall–Kier alpha value is -2.99. The molecule has 2 N–H and O–H groups in total. The van der Waals surface area contributed by atoms with Crippen molar-refractivity contribution in [1.29, 1.82) is 0 Å². The van der Waals surface area contributed by atoms with Gasteiger partial charge < -0.3 is 19.6 Å². The van der Waals surface area contributed by atoms with Crippen molar-refractivity contribution in [2.75, 3.05) is 12.0 Å². The summed E-state index contributed by atoms with van der Waals surface area (Å²) in [6.45, 7) is 2.42. The van der Waals surface area contributed by atoms with Crippen molar-refractivity contribution in [3.8, 4) is 22.5 Å². The van der Waals surface area contributed by atoms with Crippen LogP contribution >= 0.6 is 23.4 Å². The molecule has 0 spiro atoms. The molecule has 0 saturated heterocycles. The molecule has 6 nitrogen and oxygen atoms in total. The molecule has 0 saturated carbocycles. The Kier molecular flexibility index (Phi) is 12.1. The zero-order valence-electron chi connectivity index (χ0n) is 22.1. The number of amides is 1. The number of aryl methyl sites for hydroxylation is 1. The van der Waals surface area contributed by atoms with Gasteiger partial charge in [-0.05, 0) is 90.1 Å². The van der Waals surface area contributed by atoms with Gasteiger partial charge in [-0.25, -0.2) is 9.18 Å². The number of carbonyl (C=O) groups is 2. The summed E-state index contributed by atoms with van der Waals surface area (Å²) in [6, 6.07) is 20.1. The van der Waals surface area contributed by atoms with Gasteiger partial charge in [0.15, 0.2) is 0 Å². The Labute approximate surface area is 259 Å². The van der Waals surface area contributed by atoms with Gasteiger partial charge >= 0.3 is 24.8 Å². The normalized spacial score (nSPS) is 11.5. The molecular weight excluding hydrogens is 560 g/mol. The van der Waals surface area contributed by atoms with Gasteiger partial charge in [0.05, 0.1) is 11.6 Å². The molecule has 0 aliphatic carbocycles. The first kappa shape index (κ1) is 32.5. The molecule has 210 valence electrons. The molecule has 41 heavy (non-hydrogen) atoms. The molecule has 1 aromatic heterocycles. The summed E-state index contributed by atoms with van der Waals surface area (Å²) in [5.74, 6) is -0.235. The monoisotopic (exact) mass is 589 g/mol. The molecule has 0 fully saturated rings. The molecule has 3 aromatic carbocycles. The number of benzene rings is 3. The van der Waals surface area contributed by atoms with Crippen molar-refractivity contribution < 1.29 is 28.2 Å². The van der Waals surface area contributed by atoms with Gasteiger partial charge in [0.1, 0.15) is 30.0 Å². The maximum atomic E-state index is 13.5. The minimum absolute atomic E-state index is 0. The molecule has 10 heteroatoms. The van der Waals surface area contributed by atoms with Gasteiger partial charge in [0, 0.05) is 11.1 Å². The number of aliphatic carboxylic acids is 1. The van der Waals surface area contributed by atoms with Crippen LogP contribution in [0.4, 0.5) is 4.39 Å². The number of hydrogen-bond acceptors (Lipinski definition) is 5. The van der Waals surface area contributed by atoms with Crippen LogP contribution < -0.4 is 5.32 Å². The molecule has 1 heterocycles. The van der Waals surface area contributed by atoms with Crippen LogP contribution in [0.1, 0.15) is 33.7 Å². The van der Waals surface area contributed by atoms with E-state index in [9.17, 15) is 19.1 Å². The Morgan fingerprint density at radius 2 is 1.83 bits per heavy atom. The number of carboxylic acids is 1. The molecule has 0 aliphatic rings. The second kappa shape index (κ2) is 15.3. The van der Waals surface area contributed by atoms with Crippen LogP contribution in [0, 0.1) is 12.7 Å². The van der Waals surface area contributed by atoms with Gasteiger partial charge in [-0.1, -0.05) is 41.9 Å². The molecule has 4 rings (SSSR count). The quantitative estimate of drug-likeness (QED) is 0.178. The van der Waals surface area contributed by atoms with E-state index < -0.39 is 23.7 Å². The number of ether oxygens (including phenoxy) is 1. The molecule has 1 atom stereocenters. The van der Waals surface area contributed by atoms with E-state index in [-0.39, 0.29) is 37.1 Å². The van der Waals surface area contributed by atoms with Crippen molar-refractivity contribution >= 4 is 54.1 Å². The average molecular weight is 590 g/mol. The first-order chi connectivity index (χ1) is 19.3.